The molecule has 0 atom stereocenters. The van der Waals surface area contributed by atoms with Crippen LogP contribution in [-0.4, -0.2) is 26.3 Å². The first kappa shape index (κ1) is 12.6. The summed E-state index contributed by atoms with van der Waals surface area (Å²) in [6.45, 7) is 2.79. The molecule has 1 heterocycles. The van der Waals surface area contributed by atoms with E-state index < -0.39 is 0 Å². The molecule has 0 bridgehead atoms. The molecule has 0 saturated carbocycles. The van der Waals surface area contributed by atoms with E-state index in [4.69, 9.17) is 9.47 Å². The van der Waals surface area contributed by atoms with Crippen LogP contribution >= 0.6 is 0 Å². The first-order chi connectivity index (χ1) is 8.71. The molecule has 1 aromatic carbocycles. The molecule has 96 valence electrons. The summed E-state index contributed by atoms with van der Waals surface area (Å²) < 4.78 is 10.7. The van der Waals surface area contributed by atoms with E-state index in [-0.39, 0.29) is 0 Å². The largest absolute Gasteiger partial charge is 0.496 e. The zero-order valence-electron chi connectivity index (χ0n) is 11.2. The summed E-state index contributed by atoms with van der Waals surface area (Å²) in [6, 6.07) is 5.89. The van der Waals surface area contributed by atoms with Gasteiger partial charge in [0.1, 0.15) is 17.0 Å². The minimum atomic E-state index is 0.768. The summed E-state index contributed by atoms with van der Waals surface area (Å²) in [7, 11) is 5.24. The lowest BCUT2D eigenvalue weighted by Gasteiger charge is -2.12. The van der Waals surface area contributed by atoms with Crippen molar-refractivity contribution in [1.82, 2.24) is 10.3 Å². The molecule has 0 spiro atoms. The Morgan fingerprint density at radius 2 is 1.83 bits per heavy atom. The lowest BCUT2D eigenvalue weighted by molar-refractivity contribution is 0.409. The average Bonchev–Trinajstić information content (AvgIpc) is 2.39. The fraction of sp³-hybridized carbons (Fsp3) is 0.357. The maximum Gasteiger partial charge on any atom is 0.145 e. The van der Waals surface area contributed by atoms with Gasteiger partial charge in [-0.05, 0) is 37.7 Å². The van der Waals surface area contributed by atoms with Gasteiger partial charge >= 0.3 is 0 Å². The van der Waals surface area contributed by atoms with E-state index in [0.717, 1.165) is 40.2 Å². The van der Waals surface area contributed by atoms with Crippen molar-refractivity contribution in [2.75, 3.05) is 21.3 Å². The third-order valence-corrected chi connectivity index (χ3v) is 3.01. The van der Waals surface area contributed by atoms with Gasteiger partial charge in [-0.25, -0.2) is 4.98 Å². The number of methoxy groups -OCH3 is 2. The van der Waals surface area contributed by atoms with Crippen LogP contribution in [0.4, 0.5) is 0 Å². The van der Waals surface area contributed by atoms with Gasteiger partial charge in [0, 0.05) is 17.6 Å². The predicted molar refractivity (Wildman–Crippen MR) is 72.3 cm³/mol. The summed E-state index contributed by atoms with van der Waals surface area (Å²) in [6.07, 6.45) is 0. The molecule has 1 aromatic heterocycles. The number of aromatic nitrogens is 1. The zero-order chi connectivity index (χ0) is 13.1. The normalized spacial score (nSPS) is 10.7. The van der Waals surface area contributed by atoms with Crippen molar-refractivity contribution >= 4 is 10.9 Å². The van der Waals surface area contributed by atoms with E-state index in [1.165, 1.54) is 0 Å². The number of pyridine rings is 1. The second-order valence-electron chi connectivity index (χ2n) is 4.13. The zero-order valence-corrected chi connectivity index (χ0v) is 11.2. The second-order valence-corrected chi connectivity index (χ2v) is 4.13. The van der Waals surface area contributed by atoms with Gasteiger partial charge in [-0.15, -0.1) is 0 Å². The standard InChI is InChI=1S/C14H18N2O2/c1-9-10(8-15-2)7-11-12(17-3)5-6-13(18-4)14(11)16-9/h5-7,15H,8H2,1-4H3. The Bertz CT molecular complexity index is 567. The van der Waals surface area contributed by atoms with Gasteiger partial charge in [0.15, 0.2) is 0 Å². The van der Waals surface area contributed by atoms with Crippen LogP contribution in [-0.2, 0) is 6.54 Å². The van der Waals surface area contributed by atoms with Gasteiger partial charge < -0.3 is 14.8 Å². The second kappa shape index (κ2) is 5.23. The lowest BCUT2D eigenvalue weighted by atomic mass is 10.1. The van der Waals surface area contributed by atoms with E-state index in [9.17, 15) is 0 Å². The predicted octanol–water partition coefficient (Wildman–Crippen LogP) is 2.28. The van der Waals surface area contributed by atoms with E-state index >= 15 is 0 Å². The molecule has 0 aliphatic rings. The Morgan fingerprint density at radius 1 is 1.17 bits per heavy atom. The van der Waals surface area contributed by atoms with E-state index in [2.05, 4.69) is 16.4 Å². The lowest BCUT2D eigenvalue weighted by Crippen LogP contribution is -2.08. The van der Waals surface area contributed by atoms with E-state index in [1.807, 2.05) is 26.1 Å². The summed E-state index contributed by atoms with van der Waals surface area (Å²) >= 11 is 0. The smallest absolute Gasteiger partial charge is 0.145 e. The summed E-state index contributed by atoms with van der Waals surface area (Å²) in [4.78, 5) is 4.63. The molecule has 0 unspecified atom stereocenters. The molecular formula is C14H18N2O2. The Labute approximate surface area is 107 Å². The molecule has 2 aromatic rings. The summed E-state index contributed by atoms with van der Waals surface area (Å²) in [5, 5.41) is 4.12. The quantitative estimate of drug-likeness (QED) is 0.898. The van der Waals surface area contributed by atoms with Gasteiger partial charge in [0.2, 0.25) is 0 Å². The third kappa shape index (κ3) is 2.11. The molecular weight excluding hydrogens is 228 g/mol. The first-order valence-corrected chi connectivity index (χ1v) is 5.87. The van der Waals surface area contributed by atoms with Crippen molar-refractivity contribution in [3.63, 3.8) is 0 Å². The molecule has 0 aliphatic carbocycles. The number of benzene rings is 1. The van der Waals surface area contributed by atoms with E-state index in [1.54, 1.807) is 14.2 Å². The number of hydrogen-bond donors (Lipinski definition) is 1. The minimum absolute atomic E-state index is 0.768. The van der Waals surface area contributed by atoms with Crippen LogP contribution < -0.4 is 14.8 Å². The molecule has 18 heavy (non-hydrogen) atoms. The third-order valence-electron chi connectivity index (χ3n) is 3.01. The number of nitrogens with zero attached hydrogens (tertiary/aromatic N) is 1. The number of hydrogen-bond acceptors (Lipinski definition) is 4. The van der Waals surface area contributed by atoms with Crippen molar-refractivity contribution in [2.24, 2.45) is 0 Å². The van der Waals surface area contributed by atoms with Gasteiger partial charge in [0.25, 0.3) is 0 Å². The minimum Gasteiger partial charge on any atom is -0.496 e. The molecule has 0 aliphatic heterocycles. The van der Waals surface area contributed by atoms with Crippen molar-refractivity contribution in [1.29, 1.82) is 0 Å². The molecule has 0 radical (unpaired) electrons. The van der Waals surface area contributed by atoms with E-state index in [0.29, 0.717) is 0 Å². The number of nitrogens with one attached hydrogen (secondary N) is 1. The Hall–Kier alpha value is -1.81. The van der Waals surface area contributed by atoms with Gasteiger partial charge in [0.05, 0.1) is 14.2 Å². The number of fused-ring (bicyclic) bond motifs is 1. The molecule has 4 heteroatoms. The molecule has 0 saturated heterocycles. The van der Waals surface area contributed by atoms with Crippen LogP contribution in [0.2, 0.25) is 0 Å². The maximum atomic E-state index is 5.38. The van der Waals surface area contributed by atoms with Crippen LogP contribution in [0.5, 0.6) is 11.5 Å². The Balaban J connectivity index is 2.72. The van der Waals surface area contributed by atoms with Crippen molar-refractivity contribution < 1.29 is 9.47 Å². The Kier molecular flexibility index (Phi) is 3.67. The summed E-state index contributed by atoms with van der Waals surface area (Å²) in [5.41, 5.74) is 3.01. The van der Waals surface area contributed by atoms with Gasteiger partial charge in [-0.3, -0.25) is 0 Å². The van der Waals surface area contributed by atoms with Crippen LogP contribution in [0.15, 0.2) is 18.2 Å². The average molecular weight is 246 g/mol. The fourth-order valence-corrected chi connectivity index (χ4v) is 2.05. The summed E-state index contributed by atoms with van der Waals surface area (Å²) in [5.74, 6) is 1.58. The molecule has 0 amide bonds. The SMILES string of the molecule is CNCc1cc2c(OC)ccc(OC)c2nc1C. The fourth-order valence-electron chi connectivity index (χ4n) is 2.05. The molecule has 1 N–H and O–H groups in total. The number of aryl methyl sites for hydroxylation is 1. The first-order valence-electron chi connectivity index (χ1n) is 5.87. The number of ether oxygens (including phenoxy) is 2. The highest BCUT2D eigenvalue weighted by molar-refractivity contribution is 5.90. The number of rotatable bonds is 4. The van der Waals surface area contributed by atoms with Crippen LogP contribution in [0, 0.1) is 6.92 Å². The highest BCUT2D eigenvalue weighted by Crippen LogP contribution is 2.32. The van der Waals surface area contributed by atoms with Crippen molar-refractivity contribution in [3.8, 4) is 11.5 Å². The monoisotopic (exact) mass is 246 g/mol. The van der Waals surface area contributed by atoms with Gasteiger partial charge in [-0.2, -0.15) is 0 Å². The molecule has 2 rings (SSSR count). The highest BCUT2D eigenvalue weighted by Gasteiger charge is 2.11. The van der Waals surface area contributed by atoms with Crippen molar-refractivity contribution in [3.05, 3.63) is 29.5 Å². The molecule has 0 fully saturated rings. The maximum absolute atomic E-state index is 5.38. The van der Waals surface area contributed by atoms with Crippen LogP contribution in [0.3, 0.4) is 0 Å². The van der Waals surface area contributed by atoms with Crippen LogP contribution in [0.1, 0.15) is 11.3 Å². The topological polar surface area (TPSA) is 43.4 Å². The van der Waals surface area contributed by atoms with Crippen LogP contribution in [0.25, 0.3) is 10.9 Å². The molecule has 4 nitrogen and oxygen atoms in total. The Morgan fingerprint density at radius 3 is 2.44 bits per heavy atom. The van der Waals surface area contributed by atoms with Gasteiger partial charge in [-0.1, -0.05) is 0 Å². The van der Waals surface area contributed by atoms with Crippen molar-refractivity contribution in [2.45, 2.75) is 13.5 Å². The highest BCUT2D eigenvalue weighted by atomic mass is 16.5.